The number of aromatic carboxylic acids is 1. The summed E-state index contributed by atoms with van der Waals surface area (Å²) in [6.07, 6.45) is 1.99. The molecule has 0 amide bonds. The molecule has 1 saturated heterocycles. The molecule has 7 nitrogen and oxygen atoms in total. The van der Waals surface area contributed by atoms with Gasteiger partial charge in [0.2, 0.25) is 0 Å². The Morgan fingerprint density at radius 2 is 2.00 bits per heavy atom. The first-order valence-corrected chi connectivity index (χ1v) is 7.53. The Morgan fingerprint density at radius 1 is 1.42 bits per heavy atom. The van der Waals surface area contributed by atoms with Gasteiger partial charge in [0.15, 0.2) is 5.03 Å². The number of H-pyrrole nitrogens is 1. The van der Waals surface area contributed by atoms with E-state index < -0.39 is 16.0 Å². The van der Waals surface area contributed by atoms with Crippen LogP contribution in [0, 0.1) is 11.8 Å². The van der Waals surface area contributed by atoms with Crippen LogP contribution in [0.25, 0.3) is 0 Å². The molecule has 8 heteroatoms. The Labute approximate surface area is 111 Å². The molecule has 2 N–H and O–H groups in total. The van der Waals surface area contributed by atoms with E-state index in [4.69, 9.17) is 5.11 Å². The summed E-state index contributed by atoms with van der Waals surface area (Å²) in [5, 5.41) is 14.5. The van der Waals surface area contributed by atoms with Crippen molar-refractivity contribution in [3.05, 3.63) is 11.8 Å². The number of sulfonamides is 1. The number of nitrogens with zero attached hydrogens (tertiary/aromatic N) is 2. The highest BCUT2D eigenvalue weighted by Gasteiger charge is 2.35. The van der Waals surface area contributed by atoms with Crippen molar-refractivity contribution >= 4 is 16.0 Å². The molecule has 19 heavy (non-hydrogen) atoms. The fraction of sp³-hybridized carbons (Fsp3) is 0.636. The Hall–Kier alpha value is -1.41. The number of carboxylic acids is 1. The summed E-state index contributed by atoms with van der Waals surface area (Å²) >= 11 is 0. The third kappa shape index (κ3) is 2.64. The van der Waals surface area contributed by atoms with Gasteiger partial charge < -0.3 is 5.11 Å². The molecular weight excluding hydrogens is 270 g/mol. The Kier molecular flexibility index (Phi) is 3.64. The highest BCUT2D eigenvalue weighted by Crippen LogP contribution is 2.27. The lowest BCUT2D eigenvalue weighted by Gasteiger charge is -2.33. The lowest BCUT2D eigenvalue weighted by atomic mass is 9.94. The number of hydrogen-bond acceptors (Lipinski definition) is 4. The molecule has 0 aromatic carbocycles. The van der Waals surface area contributed by atoms with E-state index in [0.717, 1.165) is 12.6 Å². The van der Waals surface area contributed by atoms with E-state index in [1.54, 1.807) is 0 Å². The van der Waals surface area contributed by atoms with Crippen LogP contribution in [-0.4, -0.2) is 47.1 Å². The first-order chi connectivity index (χ1) is 8.82. The number of aromatic nitrogens is 2. The zero-order chi connectivity index (χ0) is 14.2. The fourth-order valence-corrected chi connectivity index (χ4v) is 4.30. The molecule has 0 saturated carbocycles. The van der Waals surface area contributed by atoms with E-state index in [2.05, 4.69) is 10.2 Å². The molecule has 1 aliphatic heterocycles. The standard InChI is InChI=1S/C11H17N3O4S/c1-7-3-8(2)6-14(5-7)19(17,18)10-9(11(15)16)4-12-13-10/h4,7-8H,3,5-6H2,1-2H3,(H,12,13)(H,15,16). The zero-order valence-electron chi connectivity index (χ0n) is 10.8. The van der Waals surface area contributed by atoms with E-state index in [0.29, 0.717) is 13.1 Å². The second-order valence-electron chi connectivity index (χ2n) is 5.19. The predicted molar refractivity (Wildman–Crippen MR) is 67.3 cm³/mol. The van der Waals surface area contributed by atoms with Crippen molar-refractivity contribution in [3.8, 4) is 0 Å². The van der Waals surface area contributed by atoms with Crippen molar-refractivity contribution in [2.45, 2.75) is 25.3 Å². The number of hydrogen-bond donors (Lipinski definition) is 2. The summed E-state index contributed by atoms with van der Waals surface area (Å²) in [5.74, 6) is -0.783. The van der Waals surface area contributed by atoms with Crippen molar-refractivity contribution in [1.82, 2.24) is 14.5 Å². The fourth-order valence-electron chi connectivity index (χ4n) is 2.55. The SMILES string of the molecule is CC1CC(C)CN(S(=O)(=O)c2[nH]ncc2C(=O)O)C1. The van der Waals surface area contributed by atoms with Gasteiger partial charge in [-0.1, -0.05) is 13.8 Å². The molecule has 106 valence electrons. The van der Waals surface area contributed by atoms with E-state index >= 15 is 0 Å². The van der Waals surface area contributed by atoms with Gasteiger partial charge in [-0.05, 0) is 18.3 Å². The summed E-state index contributed by atoms with van der Waals surface area (Å²) in [6, 6.07) is 0. The molecule has 2 heterocycles. The van der Waals surface area contributed by atoms with E-state index in [1.165, 1.54) is 4.31 Å². The van der Waals surface area contributed by atoms with E-state index in [-0.39, 0.29) is 22.4 Å². The molecule has 1 aliphatic rings. The van der Waals surface area contributed by atoms with Crippen LogP contribution >= 0.6 is 0 Å². The monoisotopic (exact) mass is 287 g/mol. The molecule has 0 spiro atoms. The molecular formula is C11H17N3O4S. The second kappa shape index (κ2) is 4.93. The number of aromatic amines is 1. The Morgan fingerprint density at radius 3 is 2.53 bits per heavy atom. The van der Waals surface area contributed by atoms with Crippen LogP contribution in [0.15, 0.2) is 11.2 Å². The normalized spacial score (nSPS) is 25.4. The summed E-state index contributed by atoms with van der Waals surface area (Å²) < 4.78 is 26.3. The first kappa shape index (κ1) is 14.0. The van der Waals surface area contributed by atoms with Gasteiger partial charge in [0, 0.05) is 13.1 Å². The first-order valence-electron chi connectivity index (χ1n) is 6.09. The summed E-state index contributed by atoms with van der Waals surface area (Å²) in [4.78, 5) is 11.0. The van der Waals surface area contributed by atoms with Gasteiger partial charge in [0.25, 0.3) is 10.0 Å². The topological polar surface area (TPSA) is 103 Å². The molecule has 0 radical (unpaired) electrons. The van der Waals surface area contributed by atoms with Crippen LogP contribution in [0.3, 0.4) is 0 Å². The molecule has 1 aromatic rings. The molecule has 2 rings (SSSR count). The number of piperidine rings is 1. The predicted octanol–water partition coefficient (Wildman–Crippen LogP) is 0.774. The van der Waals surface area contributed by atoms with Crippen LogP contribution in [0.5, 0.6) is 0 Å². The number of carbonyl (C=O) groups is 1. The number of rotatable bonds is 3. The molecule has 1 aromatic heterocycles. The van der Waals surface area contributed by atoms with Crippen molar-refractivity contribution in [1.29, 1.82) is 0 Å². The van der Waals surface area contributed by atoms with Crippen LogP contribution < -0.4 is 0 Å². The van der Waals surface area contributed by atoms with E-state index in [9.17, 15) is 13.2 Å². The summed E-state index contributed by atoms with van der Waals surface area (Å²) in [7, 11) is -3.83. The summed E-state index contributed by atoms with van der Waals surface area (Å²) in [6.45, 7) is 4.79. The lowest BCUT2D eigenvalue weighted by Crippen LogP contribution is -2.43. The van der Waals surface area contributed by atoms with Gasteiger partial charge >= 0.3 is 5.97 Å². The Balaban J connectivity index is 2.37. The Bertz CT molecular complexity index is 571. The molecule has 2 unspecified atom stereocenters. The van der Waals surface area contributed by atoms with Crippen molar-refractivity contribution in [2.24, 2.45) is 11.8 Å². The number of nitrogens with one attached hydrogen (secondary N) is 1. The maximum atomic E-state index is 12.5. The molecule has 2 atom stereocenters. The third-order valence-electron chi connectivity index (χ3n) is 3.27. The van der Waals surface area contributed by atoms with Gasteiger partial charge in [-0.15, -0.1) is 0 Å². The summed E-state index contributed by atoms with van der Waals surface area (Å²) in [5.41, 5.74) is -0.314. The molecule has 0 aliphatic carbocycles. The second-order valence-corrected chi connectivity index (χ2v) is 7.06. The van der Waals surface area contributed by atoms with Gasteiger partial charge in [-0.3, -0.25) is 5.10 Å². The average molecular weight is 287 g/mol. The highest BCUT2D eigenvalue weighted by atomic mass is 32.2. The van der Waals surface area contributed by atoms with Gasteiger partial charge in [0.05, 0.1) is 6.20 Å². The largest absolute Gasteiger partial charge is 0.478 e. The van der Waals surface area contributed by atoms with Crippen molar-refractivity contribution in [3.63, 3.8) is 0 Å². The third-order valence-corrected chi connectivity index (χ3v) is 5.07. The van der Waals surface area contributed by atoms with E-state index in [1.807, 2.05) is 13.8 Å². The van der Waals surface area contributed by atoms with Crippen LogP contribution in [0.4, 0.5) is 0 Å². The van der Waals surface area contributed by atoms with Gasteiger partial charge in [0.1, 0.15) is 5.56 Å². The maximum absolute atomic E-state index is 12.5. The number of carboxylic acid groups (broad SMARTS) is 1. The van der Waals surface area contributed by atoms with Crippen molar-refractivity contribution < 1.29 is 18.3 Å². The average Bonchev–Trinajstić information content (AvgIpc) is 2.76. The minimum atomic E-state index is -3.83. The molecule has 0 bridgehead atoms. The van der Waals surface area contributed by atoms with Crippen LogP contribution in [0.1, 0.15) is 30.6 Å². The highest BCUT2D eigenvalue weighted by molar-refractivity contribution is 7.89. The minimum Gasteiger partial charge on any atom is -0.478 e. The van der Waals surface area contributed by atoms with Crippen LogP contribution in [-0.2, 0) is 10.0 Å². The smallest absolute Gasteiger partial charge is 0.340 e. The minimum absolute atomic E-state index is 0.259. The maximum Gasteiger partial charge on any atom is 0.340 e. The van der Waals surface area contributed by atoms with Gasteiger partial charge in [-0.25, -0.2) is 13.2 Å². The van der Waals surface area contributed by atoms with Crippen molar-refractivity contribution in [2.75, 3.05) is 13.1 Å². The lowest BCUT2D eigenvalue weighted by molar-refractivity contribution is 0.0692. The van der Waals surface area contributed by atoms with Gasteiger partial charge in [-0.2, -0.15) is 9.40 Å². The van der Waals surface area contributed by atoms with Crippen LogP contribution in [0.2, 0.25) is 0 Å². The quantitative estimate of drug-likeness (QED) is 0.854. The molecule has 1 fully saturated rings. The zero-order valence-corrected chi connectivity index (χ0v) is 11.6.